The Hall–Kier alpha value is -1.40. The lowest BCUT2D eigenvalue weighted by atomic mass is 10.4. The van der Waals surface area contributed by atoms with Gasteiger partial charge >= 0.3 is 0 Å². The Bertz CT molecular complexity index is 361. The summed E-state index contributed by atoms with van der Waals surface area (Å²) in [6.45, 7) is 7.04. The summed E-state index contributed by atoms with van der Waals surface area (Å²) in [6, 6.07) is 1.80. The Morgan fingerprint density at radius 1 is 1.21 bits per heavy atom. The Kier molecular flexibility index (Phi) is 7.84. The topological polar surface area (TPSA) is 65.5 Å². The molecule has 0 radical (unpaired) electrons. The molecule has 0 aliphatic heterocycles. The first kappa shape index (κ1) is 15.7. The number of methoxy groups -OCH3 is 1. The Balaban J connectivity index is 2.63. The van der Waals surface area contributed by atoms with E-state index in [2.05, 4.69) is 15.3 Å². The molecule has 0 amide bonds. The van der Waals surface area contributed by atoms with Crippen LogP contribution in [-0.2, 0) is 16.1 Å². The second kappa shape index (κ2) is 9.52. The summed E-state index contributed by atoms with van der Waals surface area (Å²) in [7, 11) is 1.67. The first-order chi connectivity index (χ1) is 9.30. The predicted octanol–water partition coefficient (Wildman–Crippen LogP) is 1.86. The van der Waals surface area contributed by atoms with Gasteiger partial charge in [0.25, 0.3) is 0 Å². The molecule has 0 fully saturated rings. The molecule has 0 saturated carbocycles. The SMILES string of the molecule is CCNc1cc(OCCCOC)nc(COCC)n1. The molecule has 0 unspecified atom stereocenters. The van der Waals surface area contributed by atoms with Crippen molar-refractivity contribution in [1.82, 2.24) is 9.97 Å². The molecule has 1 aromatic rings. The van der Waals surface area contributed by atoms with Gasteiger partial charge in [0.2, 0.25) is 5.88 Å². The fraction of sp³-hybridized carbons (Fsp3) is 0.692. The van der Waals surface area contributed by atoms with E-state index in [1.807, 2.05) is 13.8 Å². The van der Waals surface area contributed by atoms with Crippen LogP contribution < -0.4 is 10.1 Å². The first-order valence-corrected chi connectivity index (χ1v) is 6.61. The van der Waals surface area contributed by atoms with Crippen LogP contribution >= 0.6 is 0 Å². The summed E-state index contributed by atoms with van der Waals surface area (Å²) in [5.74, 6) is 1.95. The Morgan fingerprint density at radius 2 is 2.05 bits per heavy atom. The van der Waals surface area contributed by atoms with Gasteiger partial charge in [0.1, 0.15) is 12.4 Å². The van der Waals surface area contributed by atoms with Crippen LogP contribution in [-0.4, -0.2) is 43.4 Å². The molecule has 0 saturated heterocycles. The number of nitrogens with one attached hydrogen (secondary N) is 1. The Morgan fingerprint density at radius 3 is 2.74 bits per heavy atom. The summed E-state index contributed by atoms with van der Waals surface area (Å²) >= 11 is 0. The number of hydrogen-bond acceptors (Lipinski definition) is 6. The Labute approximate surface area is 114 Å². The lowest BCUT2D eigenvalue weighted by molar-refractivity contribution is 0.127. The summed E-state index contributed by atoms with van der Waals surface area (Å²) in [6.07, 6.45) is 0.831. The van der Waals surface area contributed by atoms with Crippen molar-refractivity contribution in [1.29, 1.82) is 0 Å². The lowest BCUT2D eigenvalue weighted by Gasteiger charge is -2.10. The van der Waals surface area contributed by atoms with Gasteiger partial charge in [0, 0.05) is 39.4 Å². The first-order valence-electron chi connectivity index (χ1n) is 6.61. The average molecular weight is 269 g/mol. The molecule has 1 aromatic heterocycles. The zero-order valence-corrected chi connectivity index (χ0v) is 11.9. The van der Waals surface area contributed by atoms with E-state index < -0.39 is 0 Å². The van der Waals surface area contributed by atoms with Crippen LogP contribution in [0.4, 0.5) is 5.82 Å². The molecule has 6 nitrogen and oxygen atoms in total. The highest BCUT2D eigenvalue weighted by Gasteiger charge is 2.05. The van der Waals surface area contributed by atoms with Crippen LogP contribution in [0.15, 0.2) is 6.07 Å². The monoisotopic (exact) mass is 269 g/mol. The maximum absolute atomic E-state index is 5.59. The van der Waals surface area contributed by atoms with Crippen molar-refractivity contribution in [3.63, 3.8) is 0 Å². The summed E-state index contributed by atoms with van der Waals surface area (Å²) < 4.78 is 15.9. The van der Waals surface area contributed by atoms with Gasteiger partial charge in [-0.15, -0.1) is 0 Å². The molecule has 1 heterocycles. The zero-order valence-electron chi connectivity index (χ0n) is 11.9. The maximum atomic E-state index is 5.59. The van der Waals surface area contributed by atoms with E-state index in [4.69, 9.17) is 14.2 Å². The highest BCUT2D eigenvalue weighted by molar-refractivity contribution is 5.38. The van der Waals surface area contributed by atoms with Gasteiger partial charge in [-0.1, -0.05) is 0 Å². The average Bonchev–Trinajstić information content (AvgIpc) is 2.42. The minimum atomic E-state index is 0.393. The number of ether oxygens (including phenoxy) is 3. The molecular formula is C13H23N3O3. The molecule has 0 bridgehead atoms. The molecular weight excluding hydrogens is 246 g/mol. The molecule has 6 heteroatoms. The van der Waals surface area contributed by atoms with Crippen LogP contribution in [0.2, 0.25) is 0 Å². The van der Waals surface area contributed by atoms with Gasteiger partial charge in [-0.25, -0.2) is 4.98 Å². The van der Waals surface area contributed by atoms with Crippen LogP contribution in [0.25, 0.3) is 0 Å². The highest BCUT2D eigenvalue weighted by Crippen LogP contribution is 2.14. The van der Waals surface area contributed by atoms with Crippen LogP contribution in [0.3, 0.4) is 0 Å². The minimum absolute atomic E-state index is 0.393. The molecule has 1 N–H and O–H groups in total. The number of anilines is 1. The molecule has 0 aromatic carbocycles. The number of rotatable bonds is 10. The largest absolute Gasteiger partial charge is 0.477 e. The number of nitrogens with zero attached hydrogens (tertiary/aromatic N) is 2. The molecule has 0 aliphatic carbocycles. The van der Waals surface area contributed by atoms with Crippen molar-refractivity contribution in [3.05, 3.63) is 11.9 Å². The van der Waals surface area contributed by atoms with E-state index in [1.165, 1.54) is 0 Å². The second-order valence-corrected chi connectivity index (χ2v) is 3.87. The van der Waals surface area contributed by atoms with Crippen molar-refractivity contribution in [3.8, 4) is 5.88 Å². The van der Waals surface area contributed by atoms with E-state index in [0.717, 1.165) is 18.8 Å². The number of aromatic nitrogens is 2. The van der Waals surface area contributed by atoms with Gasteiger partial charge in [-0.2, -0.15) is 4.98 Å². The van der Waals surface area contributed by atoms with Crippen LogP contribution in [0.1, 0.15) is 26.1 Å². The van der Waals surface area contributed by atoms with Gasteiger partial charge in [0.15, 0.2) is 5.82 Å². The fourth-order valence-corrected chi connectivity index (χ4v) is 1.46. The van der Waals surface area contributed by atoms with Crippen molar-refractivity contribution >= 4 is 5.82 Å². The van der Waals surface area contributed by atoms with E-state index in [0.29, 0.717) is 38.1 Å². The summed E-state index contributed by atoms with van der Waals surface area (Å²) in [5.41, 5.74) is 0. The normalized spacial score (nSPS) is 10.5. The van der Waals surface area contributed by atoms with Gasteiger partial charge in [0.05, 0.1) is 6.61 Å². The van der Waals surface area contributed by atoms with E-state index >= 15 is 0 Å². The van der Waals surface area contributed by atoms with E-state index in [9.17, 15) is 0 Å². The van der Waals surface area contributed by atoms with Gasteiger partial charge < -0.3 is 19.5 Å². The van der Waals surface area contributed by atoms with Crippen molar-refractivity contribution in [2.75, 3.05) is 38.8 Å². The molecule has 0 spiro atoms. The summed E-state index contributed by atoms with van der Waals surface area (Å²) in [5, 5.41) is 3.15. The van der Waals surface area contributed by atoms with E-state index in [1.54, 1.807) is 13.2 Å². The van der Waals surface area contributed by atoms with Crippen LogP contribution in [0.5, 0.6) is 5.88 Å². The molecule has 0 atom stereocenters. The van der Waals surface area contributed by atoms with Crippen molar-refractivity contribution in [2.45, 2.75) is 26.9 Å². The van der Waals surface area contributed by atoms with Crippen LogP contribution in [0, 0.1) is 0 Å². The molecule has 19 heavy (non-hydrogen) atoms. The van der Waals surface area contributed by atoms with Gasteiger partial charge in [-0.3, -0.25) is 0 Å². The fourth-order valence-electron chi connectivity index (χ4n) is 1.46. The predicted molar refractivity (Wildman–Crippen MR) is 73.5 cm³/mol. The third kappa shape index (κ3) is 6.35. The lowest BCUT2D eigenvalue weighted by Crippen LogP contribution is -2.08. The second-order valence-electron chi connectivity index (χ2n) is 3.87. The van der Waals surface area contributed by atoms with Crippen molar-refractivity contribution in [2.24, 2.45) is 0 Å². The smallest absolute Gasteiger partial charge is 0.218 e. The quantitative estimate of drug-likeness (QED) is 0.654. The third-order valence-electron chi connectivity index (χ3n) is 2.28. The third-order valence-corrected chi connectivity index (χ3v) is 2.28. The summed E-state index contributed by atoms with van der Waals surface area (Å²) in [4.78, 5) is 8.66. The zero-order chi connectivity index (χ0) is 13.9. The molecule has 1 rings (SSSR count). The minimum Gasteiger partial charge on any atom is -0.477 e. The van der Waals surface area contributed by atoms with Crippen molar-refractivity contribution < 1.29 is 14.2 Å². The highest BCUT2D eigenvalue weighted by atomic mass is 16.5. The van der Waals surface area contributed by atoms with Gasteiger partial charge in [-0.05, 0) is 13.8 Å². The maximum Gasteiger partial charge on any atom is 0.218 e. The molecule has 0 aliphatic rings. The number of hydrogen-bond donors (Lipinski definition) is 1. The standard InChI is InChI=1S/C13H23N3O3/c1-4-14-11-9-13(19-8-6-7-17-3)16-12(15-11)10-18-5-2/h9H,4-8,10H2,1-3H3,(H,14,15,16). The molecule has 108 valence electrons. The van der Waals surface area contributed by atoms with E-state index in [-0.39, 0.29) is 0 Å².